The zero-order valence-corrected chi connectivity index (χ0v) is 15.0. The van der Waals surface area contributed by atoms with E-state index >= 15 is 0 Å². The van der Waals surface area contributed by atoms with Crippen LogP contribution in [0, 0.1) is 11.3 Å². The first-order chi connectivity index (χ1) is 11.8. The van der Waals surface area contributed by atoms with Crippen LogP contribution in [0.5, 0.6) is 5.75 Å². The van der Waals surface area contributed by atoms with Crippen LogP contribution in [0.15, 0.2) is 46.4 Å². The molecule has 0 bridgehead atoms. The minimum Gasteiger partial charge on any atom is -0.508 e. The summed E-state index contributed by atoms with van der Waals surface area (Å²) in [5.41, 5.74) is 8.74. The van der Waals surface area contributed by atoms with Gasteiger partial charge in [-0.2, -0.15) is 5.26 Å². The summed E-state index contributed by atoms with van der Waals surface area (Å²) in [4.78, 5) is 9.33. The first kappa shape index (κ1) is 18.5. The molecule has 1 heterocycles. The Balaban J connectivity index is 2.40. The number of nitrogens with two attached hydrogens (primary N) is 1. The molecule has 0 aliphatic carbocycles. The van der Waals surface area contributed by atoms with Crippen molar-refractivity contribution in [2.24, 2.45) is 15.7 Å². The summed E-state index contributed by atoms with van der Waals surface area (Å²) in [6.45, 7) is 10.0. The van der Waals surface area contributed by atoms with Crippen molar-refractivity contribution in [2.45, 2.75) is 45.7 Å². The lowest BCUT2D eigenvalue weighted by atomic mass is 9.92. The molecule has 130 valence electrons. The number of nitriles is 1. The highest BCUT2D eigenvalue weighted by Crippen LogP contribution is 2.35. The van der Waals surface area contributed by atoms with Crippen LogP contribution < -0.4 is 5.73 Å². The van der Waals surface area contributed by atoms with Gasteiger partial charge in [-0.25, -0.2) is 4.99 Å². The van der Waals surface area contributed by atoms with Gasteiger partial charge in [-0.05, 0) is 61.6 Å². The van der Waals surface area contributed by atoms with E-state index in [1.165, 1.54) is 6.07 Å². The Bertz CT molecular complexity index is 807. The van der Waals surface area contributed by atoms with Crippen LogP contribution in [0.25, 0.3) is 5.57 Å². The number of allylic oxidation sites excluding steroid dienone is 2. The number of aromatic hydroxyl groups is 1. The van der Waals surface area contributed by atoms with E-state index < -0.39 is 5.66 Å². The third-order valence-electron chi connectivity index (χ3n) is 4.35. The van der Waals surface area contributed by atoms with E-state index in [1.54, 1.807) is 12.1 Å². The van der Waals surface area contributed by atoms with Crippen molar-refractivity contribution in [1.29, 1.82) is 5.26 Å². The molecule has 0 saturated carbocycles. The van der Waals surface area contributed by atoms with E-state index in [-0.39, 0.29) is 5.75 Å². The van der Waals surface area contributed by atoms with E-state index in [4.69, 9.17) is 16.0 Å². The quantitative estimate of drug-likeness (QED) is 0.770. The second-order valence-corrected chi connectivity index (χ2v) is 6.35. The minimum absolute atomic E-state index is 0.0407. The van der Waals surface area contributed by atoms with Gasteiger partial charge in [-0.15, -0.1) is 0 Å². The SMILES string of the molecule is C=C(C=C(C)C1(CCCC)N=C(C)C(N)=N1)c1cc(O)cc(C#N)c1. The molecule has 0 amide bonds. The molecule has 0 saturated heterocycles. The number of nitrogens with zero attached hydrogens (tertiary/aromatic N) is 3. The molecule has 1 aromatic carbocycles. The third-order valence-corrected chi connectivity index (χ3v) is 4.35. The van der Waals surface area contributed by atoms with Crippen molar-refractivity contribution in [3.8, 4) is 11.8 Å². The molecule has 0 spiro atoms. The molecule has 0 radical (unpaired) electrons. The molecule has 1 aromatic rings. The largest absolute Gasteiger partial charge is 0.508 e. The molecular formula is C20H24N4O. The molecule has 25 heavy (non-hydrogen) atoms. The normalized spacial score (nSPS) is 20.0. The summed E-state index contributed by atoms with van der Waals surface area (Å²) in [6.07, 6.45) is 4.71. The maximum Gasteiger partial charge on any atom is 0.174 e. The molecule has 1 atom stereocenters. The number of phenolic OH excluding ortho intramolecular Hbond substituents is 1. The van der Waals surface area contributed by atoms with Crippen LogP contribution in [0.1, 0.15) is 51.2 Å². The van der Waals surface area contributed by atoms with Gasteiger partial charge in [0, 0.05) is 0 Å². The van der Waals surface area contributed by atoms with Gasteiger partial charge in [0.2, 0.25) is 0 Å². The first-order valence-corrected chi connectivity index (χ1v) is 8.35. The van der Waals surface area contributed by atoms with E-state index in [1.807, 2.05) is 26.0 Å². The highest BCUT2D eigenvalue weighted by molar-refractivity contribution is 6.41. The molecule has 1 unspecified atom stereocenters. The van der Waals surface area contributed by atoms with Crippen LogP contribution in [-0.2, 0) is 0 Å². The van der Waals surface area contributed by atoms with Gasteiger partial charge < -0.3 is 10.8 Å². The van der Waals surface area contributed by atoms with Crippen molar-refractivity contribution in [2.75, 3.05) is 0 Å². The maximum absolute atomic E-state index is 9.78. The van der Waals surface area contributed by atoms with Crippen molar-refractivity contribution >= 4 is 17.1 Å². The number of unbranched alkanes of at least 4 members (excludes halogenated alkanes) is 1. The minimum atomic E-state index is -0.679. The Morgan fingerprint density at radius 2 is 2.12 bits per heavy atom. The Morgan fingerprint density at radius 3 is 2.68 bits per heavy atom. The summed E-state index contributed by atoms with van der Waals surface area (Å²) >= 11 is 0. The molecule has 0 fully saturated rings. The van der Waals surface area contributed by atoms with Gasteiger partial charge in [0.25, 0.3) is 0 Å². The zero-order valence-electron chi connectivity index (χ0n) is 15.0. The number of amidine groups is 1. The number of benzene rings is 1. The fraction of sp³-hybridized carbons (Fsp3) is 0.350. The van der Waals surface area contributed by atoms with Crippen molar-refractivity contribution < 1.29 is 5.11 Å². The predicted molar refractivity (Wildman–Crippen MR) is 103 cm³/mol. The second kappa shape index (κ2) is 7.35. The number of rotatable bonds is 6. The average molecular weight is 336 g/mol. The van der Waals surface area contributed by atoms with Crippen LogP contribution in [0.4, 0.5) is 0 Å². The molecule has 1 aliphatic heterocycles. The van der Waals surface area contributed by atoms with Gasteiger partial charge in [0.15, 0.2) is 5.66 Å². The summed E-state index contributed by atoms with van der Waals surface area (Å²) in [5.74, 6) is 0.512. The lowest BCUT2D eigenvalue weighted by molar-refractivity contribution is 0.471. The number of phenols is 1. The van der Waals surface area contributed by atoms with E-state index in [2.05, 4.69) is 18.5 Å². The summed E-state index contributed by atoms with van der Waals surface area (Å²) in [7, 11) is 0. The fourth-order valence-electron chi connectivity index (χ4n) is 2.87. The van der Waals surface area contributed by atoms with E-state index in [9.17, 15) is 5.11 Å². The molecule has 3 N–H and O–H groups in total. The van der Waals surface area contributed by atoms with Crippen molar-refractivity contribution in [1.82, 2.24) is 0 Å². The number of hydrogen-bond acceptors (Lipinski definition) is 5. The molecule has 2 rings (SSSR count). The third kappa shape index (κ3) is 3.97. The lowest BCUT2D eigenvalue weighted by Crippen LogP contribution is -2.24. The van der Waals surface area contributed by atoms with Crippen LogP contribution in [0.3, 0.4) is 0 Å². The molecule has 0 aromatic heterocycles. The van der Waals surface area contributed by atoms with Crippen LogP contribution in [-0.4, -0.2) is 22.3 Å². The Labute approximate surface area is 148 Å². The highest BCUT2D eigenvalue weighted by atomic mass is 16.3. The van der Waals surface area contributed by atoms with Crippen LogP contribution >= 0.6 is 0 Å². The standard InChI is InChI=1S/C20H24N4O/c1-5-6-7-20(23-15(4)19(22)24-20)14(3)8-13(2)17-9-16(12-21)10-18(25)11-17/h8-11,25H,2,5-7H2,1,3-4H3,(H2,22,24). The molecule has 5 heteroatoms. The molecular weight excluding hydrogens is 312 g/mol. The van der Waals surface area contributed by atoms with E-state index in [0.29, 0.717) is 22.5 Å². The van der Waals surface area contributed by atoms with Gasteiger partial charge in [-0.3, -0.25) is 4.99 Å². The second-order valence-electron chi connectivity index (χ2n) is 6.35. The van der Waals surface area contributed by atoms with Gasteiger partial charge in [0.1, 0.15) is 11.6 Å². The predicted octanol–water partition coefficient (Wildman–Crippen LogP) is 3.94. The zero-order chi connectivity index (χ0) is 18.6. The van der Waals surface area contributed by atoms with Crippen molar-refractivity contribution in [3.63, 3.8) is 0 Å². The smallest absolute Gasteiger partial charge is 0.174 e. The first-order valence-electron chi connectivity index (χ1n) is 8.35. The van der Waals surface area contributed by atoms with E-state index in [0.717, 1.165) is 30.5 Å². The van der Waals surface area contributed by atoms with Gasteiger partial charge in [0.05, 0.1) is 17.3 Å². The summed E-state index contributed by atoms with van der Waals surface area (Å²) < 4.78 is 0. The molecule has 5 nitrogen and oxygen atoms in total. The summed E-state index contributed by atoms with van der Waals surface area (Å²) in [5, 5.41) is 18.8. The Kier molecular flexibility index (Phi) is 5.43. The average Bonchev–Trinajstić information content (AvgIpc) is 2.87. The van der Waals surface area contributed by atoms with Gasteiger partial charge >= 0.3 is 0 Å². The number of hydrogen-bond donors (Lipinski definition) is 2. The monoisotopic (exact) mass is 336 g/mol. The topological polar surface area (TPSA) is 94.8 Å². The Hall–Kier alpha value is -2.87. The molecule has 1 aliphatic rings. The fourth-order valence-corrected chi connectivity index (χ4v) is 2.87. The maximum atomic E-state index is 9.78. The highest BCUT2D eigenvalue weighted by Gasteiger charge is 2.35. The van der Waals surface area contributed by atoms with Gasteiger partial charge in [-0.1, -0.05) is 26.0 Å². The lowest BCUT2D eigenvalue weighted by Gasteiger charge is -2.24. The summed E-state index contributed by atoms with van der Waals surface area (Å²) in [6, 6.07) is 6.75. The van der Waals surface area contributed by atoms with Crippen LogP contribution in [0.2, 0.25) is 0 Å². The van der Waals surface area contributed by atoms with Crippen molar-refractivity contribution in [3.05, 3.63) is 47.6 Å². The number of aliphatic imine (C=N–C) groups is 2. The Morgan fingerprint density at radius 1 is 1.40 bits per heavy atom.